The number of carbonyl (C=O) groups is 2. The van der Waals surface area contributed by atoms with Crippen LogP contribution in [0.3, 0.4) is 0 Å². The first-order chi connectivity index (χ1) is 18.3. The van der Waals surface area contributed by atoms with Gasteiger partial charge in [-0.1, -0.05) is 18.1 Å². The number of thiazole rings is 1. The number of carbonyl (C=O) groups excluding carboxylic acids is 2. The summed E-state index contributed by atoms with van der Waals surface area (Å²) in [5.74, 6) is 2.20. The molecule has 0 bridgehead atoms. The summed E-state index contributed by atoms with van der Waals surface area (Å²) in [6, 6.07) is 6.17. The summed E-state index contributed by atoms with van der Waals surface area (Å²) in [6.45, 7) is 4.54. The molecule has 212 valence electrons. The highest BCUT2D eigenvalue weighted by Crippen LogP contribution is 2.62. The highest BCUT2D eigenvalue weighted by molar-refractivity contribution is 7.15. The number of aryl methyl sites for hydroxylation is 2. The highest BCUT2D eigenvalue weighted by atomic mass is 35.5. The van der Waals surface area contributed by atoms with E-state index in [1.54, 1.807) is 20.4 Å². The summed E-state index contributed by atoms with van der Waals surface area (Å²) in [4.78, 5) is 35.4. The molecule has 1 aromatic heterocycles. The molecule has 0 saturated heterocycles. The topological polar surface area (TPSA) is 102 Å². The predicted octanol–water partition coefficient (Wildman–Crippen LogP) is 5.50. The molecule has 3 aliphatic rings. The molecule has 0 aliphatic heterocycles. The van der Waals surface area contributed by atoms with E-state index in [2.05, 4.69) is 39.8 Å². The number of nitrogens with zero attached hydrogens (tertiary/aromatic N) is 2. The largest absolute Gasteiger partial charge is 0.426 e. The van der Waals surface area contributed by atoms with Crippen LogP contribution in [0.4, 0.5) is 5.13 Å². The van der Waals surface area contributed by atoms with Gasteiger partial charge in [0.25, 0.3) is 0 Å². The van der Waals surface area contributed by atoms with Crippen molar-refractivity contribution in [2.45, 2.75) is 64.7 Å². The zero-order chi connectivity index (χ0) is 26.9. The Kier molecular flexibility index (Phi) is 9.34. The van der Waals surface area contributed by atoms with Crippen molar-refractivity contribution < 1.29 is 19.2 Å². The minimum absolute atomic E-state index is 0. The van der Waals surface area contributed by atoms with Crippen molar-refractivity contribution >= 4 is 46.5 Å². The van der Waals surface area contributed by atoms with Gasteiger partial charge in [0, 0.05) is 22.9 Å². The summed E-state index contributed by atoms with van der Waals surface area (Å²) in [5, 5.41) is 11.0. The smallest absolute Gasteiger partial charge is 0.325 e. The molecule has 2 aromatic rings. The summed E-state index contributed by atoms with van der Waals surface area (Å²) in [6.07, 6.45) is 8.19. The molecule has 0 radical (unpaired) electrons. The lowest BCUT2D eigenvalue weighted by Crippen LogP contribution is -2.44. The molecule has 8 nitrogen and oxygen atoms in total. The van der Waals surface area contributed by atoms with Crippen molar-refractivity contribution in [2.75, 3.05) is 26.0 Å². The number of aromatic nitrogens is 1. The van der Waals surface area contributed by atoms with E-state index in [0.717, 1.165) is 49.1 Å². The standard InChI is InChI=1S/C29H38N4O4S.ClH/c1-17-15-31-28(38-17)32-25(34)10-6-19-14-24(33-36-4)29(2)12-11-22-21-9-7-20(37-26(35)16-30-3)13-18(21)5-8-23(22)27(19)29;/h7,9,13,15,19,22-23,27,30H,5-6,8,10-12,14,16H2,1-4H3,(H,31,32,34);1H/b33-24+;/t19-,22?,23?,27?,29-;/m1./s1. The number of hydrogen-bond donors (Lipinski definition) is 2. The molecule has 1 heterocycles. The van der Waals surface area contributed by atoms with Crippen molar-refractivity contribution in [2.24, 2.45) is 28.3 Å². The monoisotopic (exact) mass is 574 g/mol. The molecule has 5 rings (SSSR count). The zero-order valence-corrected chi connectivity index (χ0v) is 24.8. The van der Waals surface area contributed by atoms with Crippen LogP contribution in [-0.2, 0) is 20.8 Å². The Bertz CT molecular complexity index is 1230. The van der Waals surface area contributed by atoms with Gasteiger partial charge in [0.2, 0.25) is 5.91 Å². The highest BCUT2D eigenvalue weighted by Gasteiger charge is 2.57. The summed E-state index contributed by atoms with van der Waals surface area (Å²) in [7, 11) is 3.37. The van der Waals surface area contributed by atoms with Crippen molar-refractivity contribution in [3.63, 3.8) is 0 Å². The molecule has 3 unspecified atom stereocenters. The van der Waals surface area contributed by atoms with Gasteiger partial charge in [0.1, 0.15) is 12.9 Å². The van der Waals surface area contributed by atoms with Gasteiger partial charge >= 0.3 is 5.97 Å². The number of rotatable bonds is 8. The predicted molar refractivity (Wildman–Crippen MR) is 156 cm³/mol. The number of benzene rings is 1. The molecular weight excluding hydrogens is 536 g/mol. The molecule has 1 amide bonds. The van der Waals surface area contributed by atoms with E-state index in [1.807, 2.05) is 13.0 Å². The molecule has 2 N–H and O–H groups in total. The van der Waals surface area contributed by atoms with E-state index >= 15 is 0 Å². The first kappa shape index (κ1) is 29.5. The van der Waals surface area contributed by atoms with Crippen molar-refractivity contribution in [3.05, 3.63) is 40.4 Å². The van der Waals surface area contributed by atoms with E-state index in [1.165, 1.54) is 22.5 Å². The van der Waals surface area contributed by atoms with Gasteiger partial charge in [-0.05, 0) is 99.4 Å². The number of halogens is 1. The maximum absolute atomic E-state index is 12.8. The van der Waals surface area contributed by atoms with Crippen molar-refractivity contribution in [3.8, 4) is 5.75 Å². The lowest BCUT2D eigenvalue weighted by atomic mass is 9.54. The lowest BCUT2D eigenvalue weighted by molar-refractivity contribution is -0.133. The minimum Gasteiger partial charge on any atom is -0.426 e. The second-order valence-electron chi connectivity index (χ2n) is 11.2. The third-order valence-corrected chi connectivity index (χ3v) is 9.76. The van der Waals surface area contributed by atoms with Crippen LogP contribution in [0.1, 0.15) is 67.4 Å². The average molecular weight is 575 g/mol. The Morgan fingerprint density at radius 2 is 2.10 bits per heavy atom. The third-order valence-electron chi connectivity index (χ3n) is 8.94. The van der Waals surface area contributed by atoms with Gasteiger partial charge in [0.05, 0.1) is 12.3 Å². The molecule has 1 aromatic carbocycles. The number of ether oxygens (including phenoxy) is 1. The van der Waals surface area contributed by atoms with Crippen LogP contribution in [0, 0.1) is 30.1 Å². The SMILES string of the molecule is CNCC(=O)Oc1ccc2c(c1)CCC1C2CC[C@]2(C)/C(=N/OC)C[C@@H](CCC(=O)Nc3ncc(C)s3)C12.Cl. The molecule has 2 fully saturated rings. The van der Waals surface area contributed by atoms with Crippen LogP contribution >= 0.6 is 23.7 Å². The second-order valence-corrected chi connectivity index (χ2v) is 12.4. The fraction of sp³-hybridized carbons (Fsp3) is 0.586. The second kappa shape index (κ2) is 12.4. The third kappa shape index (κ3) is 6.00. The molecular formula is C29H39ClN4O4S. The van der Waals surface area contributed by atoms with Gasteiger partial charge in [-0.2, -0.15) is 0 Å². The Balaban J connectivity index is 0.00000353. The number of nitrogens with one attached hydrogen (secondary N) is 2. The van der Waals surface area contributed by atoms with Crippen molar-refractivity contribution in [1.29, 1.82) is 0 Å². The quantitative estimate of drug-likeness (QED) is 0.245. The number of oxime groups is 1. The summed E-state index contributed by atoms with van der Waals surface area (Å²) < 4.78 is 5.53. The number of anilines is 1. The fourth-order valence-electron chi connectivity index (χ4n) is 7.44. The van der Waals surface area contributed by atoms with E-state index in [9.17, 15) is 9.59 Å². The van der Waals surface area contributed by atoms with Gasteiger partial charge < -0.3 is 20.2 Å². The van der Waals surface area contributed by atoms with Crippen LogP contribution in [0.15, 0.2) is 29.6 Å². The number of hydrogen-bond acceptors (Lipinski definition) is 8. The van der Waals surface area contributed by atoms with Crippen LogP contribution in [0.25, 0.3) is 0 Å². The van der Waals surface area contributed by atoms with Gasteiger partial charge in [-0.25, -0.2) is 4.98 Å². The van der Waals surface area contributed by atoms with Crippen molar-refractivity contribution in [1.82, 2.24) is 10.3 Å². The Morgan fingerprint density at radius 3 is 2.82 bits per heavy atom. The first-order valence-electron chi connectivity index (χ1n) is 13.6. The first-order valence-corrected chi connectivity index (χ1v) is 14.4. The van der Waals surface area contributed by atoms with Gasteiger partial charge in [0.15, 0.2) is 5.13 Å². The van der Waals surface area contributed by atoms with E-state index in [0.29, 0.717) is 41.0 Å². The molecule has 10 heteroatoms. The molecule has 2 saturated carbocycles. The maximum Gasteiger partial charge on any atom is 0.325 e. The molecule has 3 aliphatic carbocycles. The zero-order valence-electron chi connectivity index (χ0n) is 23.1. The van der Waals surface area contributed by atoms with E-state index < -0.39 is 0 Å². The lowest BCUT2D eigenvalue weighted by Gasteiger charge is -2.50. The Morgan fingerprint density at radius 1 is 1.28 bits per heavy atom. The molecule has 5 atom stereocenters. The Hall–Kier alpha value is -2.49. The van der Waals surface area contributed by atoms with Crippen LogP contribution in [0.2, 0.25) is 0 Å². The van der Waals surface area contributed by atoms with Gasteiger partial charge in [-0.3, -0.25) is 9.59 Å². The number of likely N-dealkylation sites (N-methyl/N-ethyl adjacent to an activating group) is 1. The van der Waals surface area contributed by atoms with Crippen LogP contribution in [-0.4, -0.2) is 43.3 Å². The maximum atomic E-state index is 12.8. The van der Waals surface area contributed by atoms with Crippen LogP contribution < -0.4 is 15.4 Å². The average Bonchev–Trinajstić information content (AvgIpc) is 3.42. The fourth-order valence-corrected chi connectivity index (χ4v) is 8.12. The summed E-state index contributed by atoms with van der Waals surface area (Å²) in [5.41, 5.74) is 3.83. The number of fused-ring (bicyclic) bond motifs is 5. The van der Waals surface area contributed by atoms with E-state index in [-0.39, 0.29) is 36.2 Å². The van der Waals surface area contributed by atoms with Gasteiger partial charge in [-0.15, -0.1) is 23.7 Å². The number of amides is 1. The normalized spacial score (nSPS) is 28.1. The Labute approximate surface area is 240 Å². The molecule has 39 heavy (non-hydrogen) atoms. The minimum atomic E-state index is -0.276. The van der Waals surface area contributed by atoms with Crippen LogP contribution in [0.5, 0.6) is 5.75 Å². The number of esters is 1. The summed E-state index contributed by atoms with van der Waals surface area (Å²) >= 11 is 1.50. The van der Waals surface area contributed by atoms with E-state index in [4.69, 9.17) is 9.57 Å². The molecule has 0 spiro atoms.